The summed E-state index contributed by atoms with van der Waals surface area (Å²) >= 11 is 0. The number of nitrogens with zero attached hydrogens (tertiary/aromatic N) is 1. The number of benzene rings is 1. The van der Waals surface area contributed by atoms with E-state index < -0.39 is 0 Å². The fraction of sp³-hybridized carbons (Fsp3) is 0.533. The van der Waals surface area contributed by atoms with Crippen LogP contribution in [0.25, 0.3) is 0 Å². The molecular formula is C15H22N2O. The molecule has 3 nitrogen and oxygen atoms in total. The van der Waals surface area contributed by atoms with Crippen LogP contribution >= 0.6 is 0 Å². The SMILES string of the molecule is Cc1ccc(C(=O)N(C)CC2(CN)CC2)c(C)c1. The highest BCUT2D eigenvalue weighted by atomic mass is 16.2. The van der Waals surface area contributed by atoms with E-state index >= 15 is 0 Å². The van der Waals surface area contributed by atoms with E-state index in [9.17, 15) is 4.79 Å². The van der Waals surface area contributed by atoms with Crippen molar-refractivity contribution in [3.63, 3.8) is 0 Å². The van der Waals surface area contributed by atoms with Crippen LogP contribution in [0.2, 0.25) is 0 Å². The lowest BCUT2D eigenvalue weighted by Crippen LogP contribution is -2.36. The van der Waals surface area contributed by atoms with E-state index in [2.05, 4.69) is 6.07 Å². The quantitative estimate of drug-likeness (QED) is 0.884. The largest absolute Gasteiger partial charge is 0.341 e. The van der Waals surface area contributed by atoms with Crippen molar-refractivity contribution < 1.29 is 4.79 Å². The molecule has 98 valence electrons. The Morgan fingerprint density at radius 2 is 2.06 bits per heavy atom. The molecule has 1 fully saturated rings. The van der Waals surface area contributed by atoms with Gasteiger partial charge in [-0.1, -0.05) is 17.7 Å². The number of carbonyl (C=O) groups excluding carboxylic acids is 1. The Morgan fingerprint density at radius 3 is 2.56 bits per heavy atom. The number of aryl methyl sites for hydroxylation is 2. The predicted octanol–water partition coefficient (Wildman–Crippen LogP) is 2.11. The Kier molecular flexibility index (Phi) is 3.44. The van der Waals surface area contributed by atoms with Crippen molar-refractivity contribution in [3.8, 4) is 0 Å². The highest BCUT2D eigenvalue weighted by Gasteiger charge is 2.42. The van der Waals surface area contributed by atoms with Gasteiger partial charge in [-0.15, -0.1) is 0 Å². The van der Waals surface area contributed by atoms with Gasteiger partial charge in [0.25, 0.3) is 5.91 Å². The van der Waals surface area contributed by atoms with Gasteiger partial charge >= 0.3 is 0 Å². The maximum Gasteiger partial charge on any atom is 0.253 e. The lowest BCUT2D eigenvalue weighted by Gasteiger charge is -2.23. The molecule has 0 aromatic heterocycles. The molecule has 0 unspecified atom stereocenters. The molecule has 2 N–H and O–H groups in total. The van der Waals surface area contributed by atoms with Crippen LogP contribution in [-0.2, 0) is 0 Å². The smallest absolute Gasteiger partial charge is 0.253 e. The van der Waals surface area contributed by atoms with Gasteiger partial charge in [-0.2, -0.15) is 0 Å². The summed E-state index contributed by atoms with van der Waals surface area (Å²) in [6.07, 6.45) is 2.29. The molecule has 1 aliphatic carbocycles. The molecule has 1 saturated carbocycles. The number of rotatable bonds is 4. The number of nitrogens with two attached hydrogens (primary N) is 1. The van der Waals surface area contributed by atoms with E-state index in [0.717, 1.165) is 30.5 Å². The zero-order chi connectivity index (χ0) is 13.3. The third-order valence-corrected chi connectivity index (χ3v) is 3.92. The Morgan fingerprint density at radius 1 is 1.39 bits per heavy atom. The molecule has 0 atom stereocenters. The normalized spacial score (nSPS) is 16.4. The standard InChI is InChI=1S/C15H22N2O/c1-11-4-5-13(12(2)8-11)14(18)17(3)10-15(9-16)6-7-15/h4-5,8H,6-7,9-10,16H2,1-3H3. The lowest BCUT2D eigenvalue weighted by molar-refractivity contribution is 0.0766. The van der Waals surface area contributed by atoms with E-state index in [1.54, 1.807) is 0 Å². The van der Waals surface area contributed by atoms with E-state index in [-0.39, 0.29) is 11.3 Å². The Labute approximate surface area is 109 Å². The van der Waals surface area contributed by atoms with E-state index in [4.69, 9.17) is 5.73 Å². The molecule has 0 heterocycles. The van der Waals surface area contributed by atoms with Crippen molar-refractivity contribution in [3.05, 3.63) is 34.9 Å². The van der Waals surface area contributed by atoms with Gasteiger partial charge in [0.1, 0.15) is 0 Å². The monoisotopic (exact) mass is 246 g/mol. The van der Waals surface area contributed by atoms with Crippen molar-refractivity contribution in [2.75, 3.05) is 20.1 Å². The summed E-state index contributed by atoms with van der Waals surface area (Å²) < 4.78 is 0. The van der Waals surface area contributed by atoms with Gasteiger partial charge in [-0.05, 0) is 44.9 Å². The highest BCUT2D eigenvalue weighted by molar-refractivity contribution is 5.95. The first-order valence-corrected chi connectivity index (χ1v) is 6.50. The topological polar surface area (TPSA) is 46.3 Å². The predicted molar refractivity (Wildman–Crippen MR) is 73.6 cm³/mol. The summed E-state index contributed by atoms with van der Waals surface area (Å²) in [5.41, 5.74) is 9.00. The highest BCUT2D eigenvalue weighted by Crippen LogP contribution is 2.45. The fourth-order valence-corrected chi connectivity index (χ4v) is 2.44. The summed E-state index contributed by atoms with van der Waals surface area (Å²) in [5.74, 6) is 0.104. The lowest BCUT2D eigenvalue weighted by atomic mass is 10.0. The minimum absolute atomic E-state index is 0.104. The Balaban J connectivity index is 2.10. The average molecular weight is 246 g/mol. The van der Waals surface area contributed by atoms with Crippen LogP contribution in [0, 0.1) is 19.3 Å². The van der Waals surface area contributed by atoms with Gasteiger partial charge < -0.3 is 10.6 Å². The van der Waals surface area contributed by atoms with Gasteiger partial charge in [-0.25, -0.2) is 0 Å². The van der Waals surface area contributed by atoms with Crippen molar-refractivity contribution in [1.82, 2.24) is 4.90 Å². The molecule has 18 heavy (non-hydrogen) atoms. The summed E-state index contributed by atoms with van der Waals surface area (Å²) in [6.45, 7) is 5.48. The molecule has 0 bridgehead atoms. The molecule has 1 aliphatic rings. The van der Waals surface area contributed by atoms with E-state index in [1.165, 1.54) is 5.56 Å². The number of amides is 1. The molecule has 1 amide bonds. The first-order valence-electron chi connectivity index (χ1n) is 6.50. The third kappa shape index (κ3) is 2.56. The third-order valence-electron chi connectivity index (χ3n) is 3.92. The first kappa shape index (κ1) is 13.1. The van der Waals surface area contributed by atoms with Crippen LogP contribution in [0.1, 0.15) is 34.3 Å². The molecule has 2 rings (SSSR count). The zero-order valence-electron chi connectivity index (χ0n) is 11.5. The molecule has 3 heteroatoms. The van der Waals surface area contributed by atoms with Crippen LogP contribution in [-0.4, -0.2) is 30.9 Å². The molecular weight excluding hydrogens is 224 g/mol. The van der Waals surface area contributed by atoms with Gasteiger partial charge in [0, 0.05) is 24.6 Å². The van der Waals surface area contributed by atoms with E-state index in [0.29, 0.717) is 6.54 Å². The number of hydrogen-bond donors (Lipinski definition) is 1. The van der Waals surface area contributed by atoms with Gasteiger partial charge in [0.05, 0.1) is 0 Å². The zero-order valence-corrected chi connectivity index (χ0v) is 11.5. The molecule has 0 saturated heterocycles. The second-order valence-electron chi connectivity index (χ2n) is 5.68. The summed E-state index contributed by atoms with van der Waals surface area (Å²) in [4.78, 5) is 14.2. The van der Waals surface area contributed by atoms with Crippen molar-refractivity contribution >= 4 is 5.91 Å². The Hall–Kier alpha value is -1.35. The van der Waals surface area contributed by atoms with Crippen LogP contribution < -0.4 is 5.73 Å². The second kappa shape index (κ2) is 4.73. The molecule has 0 spiro atoms. The van der Waals surface area contributed by atoms with Crippen LogP contribution in [0.5, 0.6) is 0 Å². The summed E-state index contributed by atoms with van der Waals surface area (Å²) in [5, 5.41) is 0. The summed E-state index contributed by atoms with van der Waals surface area (Å²) in [7, 11) is 1.87. The van der Waals surface area contributed by atoms with Crippen LogP contribution in [0.4, 0.5) is 0 Å². The summed E-state index contributed by atoms with van der Waals surface area (Å²) in [6, 6.07) is 5.96. The second-order valence-corrected chi connectivity index (χ2v) is 5.68. The van der Waals surface area contributed by atoms with Gasteiger partial charge in [0.15, 0.2) is 0 Å². The molecule has 0 radical (unpaired) electrons. The van der Waals surface area contributed by atoms with E-state index in [1.807, 2.05) is 37.9 Å². The number of hydrogen-bond acceptors (Lipinski definition) is 2. The average Bonchev–Trinajstić information content (AvgIpc) is 3.09. The maximum absolute atomic E-state index is 12.4. The van der Waals surface area contributed by atoms with Crippen LogP contribution in [0.3, 0.4) is 0 Å². The Bertz CT molecular complexity index is 464. The fourth-order valence-electron chi connectivity index (χ4n) is 2.44. The maximum atomic E-state index is 12.4. The number of carbonyl (C=O) groups is 1. The molecule has 1 aromatic carbocycles. The molecule has 1 aromatic rings. The van der Waals surface area contributed by atoms with Crippen molar-refractivity contribution in [2.24, 2.45) is 11.1 Å². The first-order chi connectivity index (χ1) is 8.47. The minimum atomic E-state index is 0.104. The van der Waals surface area contributed by atoms with Crippen LogP contribution in [0.15, 0.2) is 18.2 Å². The molecule has 0 aliphatic heterocycles. The minimum Gasteiger partial charge on any atom is -0.341 e. The van der Waals surface area contributed by atoms with Crippen molar-refractivity contribution in [2.45, 2.75) is 26.7 Å². The van der Waals surface area contributed by atoms with Gasteiger partial charge in [-0.3, -0.25) is 4.79 Å². The van der Waals surface area contributed by atoms with Crippen molar-refractivity contribution in [1.29, 1.82) is 0 Å². The van der Waals surface area contributed by atoms with Gasteiger partial charge in [0.2, 0.25) is 0 Å².